The molecule has 90 valence electrons. The van der Waals surface area contributed by atoms with Crippen molar-refractivity contribution in [2.45, 2.75) is 26.2 Å². The lowest BCUT2D eigenvalue weighted by atomic mass is 10.00. The summed E-state index contributed by atoms with van der Waals surface area (Å²) in [6, 6.07) is 6.35. The molecule has 1 saturated carbocycles. The predicted molar refractivity (Wildman–Crippen MR) is 65.4 cm³/mol. The highest BCUT2D eigenvalue weighted by Gasteiger charge is 2.52. The van der Waals surface area contributed by atoms with Gasteiger partial charge in [0.25, 0.3) is 0 Å². The van der Waals surface area contributed by atoms with Crippen LogP contribution in [0.4, 0.5) is 0 Å². The van der Waals surface area contributed by atoms with E-state index >= 15 is 0 Å². The number of nitriles is 1. The van der Waals surface area contributed by atoms with Crippen LogP contribution in [-0.4, -0.2) is 14.2 Å². The molecule has 0 heterocycles. The number of hydrogen-bond donors (Lipinski definition) is 0. The van der Waals surface area contributed by atoms with Crippen LogP contribution in [0.25, 0.3) is 0 Å². The highest BCUT2D eigenvalue weighted by Crippen LogP contribution is 2.60. The molecule has 2 rings (SSSR count). The summed E-state index contributed by atoms with van der Waals surface area (Å²) in [6.07, 6.45) is 0.895. The van der Waals surface area contributed by atoms with Gasteiger partial charge < -0.3 is 9.47 Å². The number of ether oxygens (including phenoxy) is 2. The zero-order valence-electron chi connectivity index (χ0n) is 10.7. The number of nitrogens with zero attached hydrogens (tertiary/aromatic N) is 1. The van der Waals surface area contributed by atoms with Crippen molar-refractivity contribution in [2.75, 3.05) is 14.2 Å². The Morgan fingerprint density at radius 1 is 1.29 bits per heavy atom. The summed E-state index contributed by atoms with van der Waals surface area (Å²) >= 11 is 0. The second kappa shape index (κ2) is 3.96. The average Bonchev–Trinajstić information content (AvgIpc) is 3.01. The Hall–Kier alpha value is -1.69. The van der Waals surface area contributed by atoms with E-state index in [-0.39, 0.29) is 11.3 Å². The minimum atomic E-state index is -0.243. The molecule has 3 heteroatoms. The predicted octanol–water partition coefficient (Wildman–Crippen LogP) is 3.03. The molecule has 17 heavy (non-hydrogen) atoms. The lowest BCUT2D eigenvalue weighted by Gasteiger charge is -2.13. The third-order valence-electron chi connectivity index (χ3n) is 3.62. The van der Waals surface area contributed by atoms with E-state index in [4.69, 9.17) is 14.7 Å². The Bertz CT molecular complexity index is 490. The van der Waals surface area contributed by atoms with E-state index in [0.29, 0.717) is 0 Å². The Morgan fingerprint density at radius 2 is 1.94 bits per heavy atom. The van der Waals surface area contributed by atoms with Crippen molar-refractivity contribution in [2.24, 2.45) is 5.41 Å². The quantitative estimate of drug-likeness (QED) is 0.803. The van der Waals surface area contributed by atoms with Gasteiger partial charge in [0.15, 0.2) is 0 Å². The summed E-state index contributed by atoms with van der Waals surface area (Å²) in [5, 5.41) is 9.12. The first-order valence-electron chi connectivity index (χ1n) is 5.69. The summed E-state index contributed by atoms with van der Waals surface area (Å²) in [4.78, 5) is 0. The van der Waals surface area contributed by atoms with E-state index in [9.17, 15) is 0 Å². The second-order valence-electron chi connectivity index (χ2n) is 4.85. The van der Waals surface area contributed by atoms with E-state index in [0.717, 1.165) is 29.0 Å². The van der Waals surface area contributed by atoms with E-state index in [1.807, 2.05) is 26.0 Å². The fourth-order valence-electron chi connectivity index (χ4n) is 2.29. The van der Waals surface area contributed by atoms with Gasteiger partial charge in [0.2, 0.25) is 0 Å². The van der Waals surface area contributed by atoms with Crippen molar-refractivity contribution in [1.82, 2.24) is 0 Å². The molecule has 1 aliphatic carbocycles. The highest BCUT2D eigenvalue weighted by molar-refractivity contribution is 5.51. The molecule has 1 aromatic carbocycles. The Balaban J connectivity index is 2.44. The standard InChI is InChI=1S/C14H17NO2/c1-9-5-13(17-4)10(6-12(9)16-3)11-7-14(11,2)8-15/h5-6,11H,7H2,1-4H3. The van der Waals surface area contributed by atoms with Gasteiger partial charge in [-0.15, -0.1) is 0 Å². The molecular formula is C14H17NO2. The van der Waals surface area contributed by atoms with Crippen LogP contribution in [0.1, 0.15) is 30.4 Å². The molecule has 0 saturated heterocycles. The van der Waals surface area contributed by atoms with E-state index in [1.54, 1.807) is 14.2 Å². The maximum absolute atomic E-state index is 9.12. The maximum Gasteiger partial charge on any atom is 0.122 e. The smallest absolute Gasteiger partial charge is 0.122 e. The van der Waals surface area contributed by atoms with Gasteiger partial charge in [-0.25, -0.2) is 0 Å². The molecule has 0 spiro atoms. The van der Waals surface area contributed by atoms with Crippen molar-refractivity contribution < 1.29 is 9.47 Å². The molecule has 1 aromatic rings. The molecule has 2 unspecified atom stereocenters. The van der Waals surface area contributed by atoms with Crippen molar-refractivity contribution in [3.05, 3.63) is 23.3 Å². The van der Waals surface area contributed by atoms with E-state index in [2.05, 4.69) is 6.07 Å². The first-order valence-corrected chi connectivity index (χ1v) is 5.69. The van der Waals surface area contributed by atoms with Crippen molar-refractivity contribution >= 4 is 0 Å². The second-order valence-corrected chi connectivity index (χ2v) is 4.85. The summed E-state index contributed by atoms with van der Waals surface area (Å²) in [5.41, 5.74) is 1.89. The summed E-state index contributed by atoms with van der Waals surface area (Å²) in [5.74, 6) is 1.97. The monoisotopic (exact) mass is 231 g/mol. The van der Waals surface area contributed by atoms with Crippen molar-refractivity contribution in [3.63, 3.8) is 0 Å². The number of aryl methyl sites for hydroxylation is 1. The molecule has 2 atom stereocenters. The van der Waals surface area contributed by atoms with Gasteiger partial charge in [-0.1, -0.05) is 0 Å². The van der Waals surface area contributed by atoms with Crippen LogP contribution in [0.2, 0.25) is 0 Å². The van der Waals surface area contributed by atoms with Crippen LogP contribution in [0.5, 0.6) is 11.5 Å². The van der Waals surface area contributed by atoms with Gasteiger partial charge >= 0.3 is 0 Å². The van der Waals surface area contributed by atoms with E-state index in [1.165, 1.54) is 0 Å². The molecule has 3 nitrogen and oxygen atoms in total. The summed E-state index contributed by atoms with van der Waals surface area (Å²) in [6.45, 7) is 3.98. The van der Waals surface area contributed by atoms with Crippen molar-refractivity contribution in [3.8, 4) is 17.6 Å². The highest BCUT2D eigenvalue weighted by atomic mass is 16.5. The zero-order valence-corrected chi connectivity index (χ0v) is 10.7. The van der Waals surface area contributed by atoms with Gasteiger partial charge in [0, 0.05) is 11.5 Å². The third-order valence-corrected chi connectivity index (χ3v) is 3.62. The lowest BCUT2D eigenvalue weighted by molar-refractivity contribution is 0.395. The Labute approximate surface area is 102 Å². The van der Waals surface area contributed by atoms with Gasteiger partial charge in [0.1, 0.15) is 11.5 Å². The molecule has 0 aromatic heterocycles. The fraction of sp³-hybridized carbons (Fsp3) is 0.500. The van der Waals surface area contributed by atoms with Crippen molar-refractivity contribution in [1.29, 1.82) is 5.26 Å². The summed E-state index contributed by atoms with van der Waals surface area (Å²) < 4.78 is 10.7. The fourth-order valence-corrected chi connectivity index (χ4v) is 2.29. The zero-order chi connectivity index (χ0) is 12.6. The molecule has 1 fully saturated rings. The normalized spacial score (nSPS) is 26.2. The van der Waals surface area contributed by atoms with Crippen LogP contribution in [-0.2, 0) is 0 Å². The topological polar surface area (TPSA) is 42.2 Å². The number of benzene rings is 1. The Morgan fingerprint density at radius 3 is 2.41 bits per heavy atom. The number of hydrogen-bond acceptors (Lipinski definition) is 3. The molecule has 1 aliphatic rings. The average molecular weight is 231 g/mol. The third kappa shape index (κ3) is 1.84. The van der Waals surface area contributed by atoms with Crippen LogP contribution in [0, 0.1) is 23.7 Å². The molecule has 0 N–H and O–H groups in total. The lowest BCUT2D eigenvalue weighted by Crippen LogP contribution is -1.98. The molecule has 0 bridgehead atoms. The molecule has 0 amide bonds. The van der Waals surface area contributed by atoms with Gasteiger partial charge in [0.05, 0.1) is 25.7 Å². The van der Waals surface area contributed by atoms with Crippen LogP contribution < -0.4 is 9.47 Å². The number of rotatable bonds is 3. The first kappa shape index (κ1) is 11.8. The summed E-state index contributed by atoms with van der Waals surface area (Å²) in [7, 11) is 3.33. The van der Waals surface area contributed by atoms with E-state index < -0.39 is 0 Å². The van der Waals surface area contributed by atoms with Crippen LogP contribution >= 0.6 is 0 Å². The van der Waals surface area contributed by atoms with Crippen LogP contribution in [0.3, 0.4) is 0 Å². The first-order chi connectivity index (χ1) is 8.05. The Kier molecular flexibility index (Phi) is 2.74. The van der Waals surface area contributed by atoms with Gasteiger partial charge in [-0.2, -0.15) is 5.26 Å². The van der Waals surface area contributed by atoms with Gasteiger partial charge in [-0.05, 0) is 38.0 Å². The minimum Gasteiger partial charge on any atom is -0.496 e. The van der Waals surface area contributed by atoms with Gasteiger partial charge in [-0.3, -0.25) is 0 Å². The maximum atomic E-state index is 9.12. The largest absolute Gasteiger partial charge is 0.496 e. The molecule has 0 radical (unpaired) electrons. The SMILES string of the molecule is COc1cc(C2CC2(C)C#N)c(OC)cc1C. The minimum absolute atomic E-state index is 0.243. The number of methoxy groups -OCH3 is 2. The molecular weight excluding hydrogens is 214 g/mol. The molecule has 0 aliphatic heterocycles. The van der Waals surface area contributed by atoms with Crippen LogP contribution in [0.15, 0.2) is 12.1 Å².